The molecule has 0 radical (unpaired) electrons. The Kier molecular flexibility index (Phi) is 2.81. The molecule has 94 valence electrons. The van der Waals surface area contributed by atoms with Gasteiger partial charge in [0.25, 0.3) is 0 Å². The van der Waals surface area contributed by atoms with Crippen LogP contribution in [0.1, 0.15) is 11.3 Å². The molecule has 0 unspecified atom stereocenters. The number of aryl methyl sites for hydroxylation is 1. The van der Waals surface area contributed by atoms with Crippen molar-refractivity contribution in [3.63, 3.8) is 0 Å². The van der Waals surface area contributed by atoms with Crippen molar-refractivity contribution in [2.45, 2.75) is 6.42 Å². The zero-order chi connectivity index (χ0) is 12.5. The van der Waals surface area contributed by atoms with Crippen LogP contribution in [0.5, 0.6) is 0 Å². The Labute approximate surface area is 106 Å². The molecule has 0 saturated carbocycles. The summed E-state index contributed by atoms with van der Waals surface area (Å²) in [7, 11) is 2.09. The van der Waals surface area contributed by atoms with Crippen LogP contribution in [0, 0.1) is 0 Å². The van der Waals surface area contributed by atoms with Gasteiger partial charge in [0.05, 0.1) is 18.0 Å². The van der Waals surface area contributed by atoms with Gasteiger partial charge in [-0.15, -0.1) is 0 Å². The van der Waals surface area contributed by atoms with E-state index in [1.54, 1.807) is 0 Å². The topological polar surface area (TPSA) is 52.2 Å². The van der Waals surface area contributed by atoms with Crippen molar-refractivity contribution in [1.29, 1.82) is 0 Å². The van der Waals surface area contributed by atoms with Crippen LogP contribution in [0.15, 0.2) is 30.3 Å². The van der Waals surface area contributed by atoms with Crippen molar-refractivity contribution in [2.24, 2.45) is 12.8 Å². The first-order valence-corrected chi connectivity index (χ1v) is 6.17. The fraction of sp³-hybridized carbons (Fsp3) is 0.286. The fourth-order valence-electron chi connectivity index (χ4n) is 2.60. The van der Waals surface area contributed by atoms with Crippen molar-refractivity contribution >= 4 is 16.6 Å². The normalized spacial score (nSPS) is 13.8. The predicted octanol–water partition coefficient (Wildman–Crippen LogP) is 1.56. The Balaban J connectivity index is 1.99. The number of hydrogen-bond acceptors (Lipinski definition) is 3. The first kappa shape index (κ1) is 11.3. The Morgan fingerprint density at radius 2 is 2.22 bits per heavy atom. The third-order valence-corrected chi connectivity index (χ3v) is 3.38. The number of benzene rings is 1. The van der Waals surface area contributed by atoms with Gasteiger partial charge < -0.3 is 10.3 Å². The van der Waals surface area contributed by atoms with E-state index in [2.05, 4.69) is 47.4 Å². The highest BCUT2D eigenvalue weighted by molar-refractivity contribution is 5.92. The van der Waals surface area contributed by atoms with Crippen LogP contribution < -0.4 is 11.2 Å². The molecule has 18 heavy (non-hydrogen) atoms. The second kappa shape index (κ2) is 4.48. The van der Waals surface area contributed by atoms with Crippen LogP contribution in [0.2, 0.25) is 0 Å². The molecule has 3 rings (SSSR count). The monoisotopic (exact) mass is 243 g/mol. The van der Waals surface area contributed by atoms with Gasteiger partial charge in [0.1, 0.15) is 0 Å². The zero-order valence-electron chi connectivity index (χ0n) is 10.4. The van der Waals surface area contributed by atoms with Crippen molar-refractivity contribution in [2.75, 3.05) is 13.2 Å². The Morgan fingerprint density at radius 3 is 3.06 bits per heavy atom. The zero-order valence-corrected chi connectivity index (χ0v) is 10.4. The smallest absolute Gasteiger partial charge is 0.0868 e. The number of hydroxylamine groups is 1. The molecule has 1 aliphatic rings. The Bertz CT molecular complexity index is 613. The van der Waals surface area contributed by atoms with Crippen LogP contribution in [-0.2, 0) is 18.3 Å². The summed E-state index contributed by atoms with van der Waals surface area (Å²) in [4.78, 5) is 5.32. The van der Waals surface area contributed by atoms with Gasteiger partial charge in [-0.2, -0.15) is 0 Å². The molecule has 0 aliphatic heterocycles. The summed E-state index contributed by atoms with van der Waals surface area (Å²) in [5, 5.41) is 1.32. The summed E-state index contributed by atoms with van der Waals surface area (Å²) >= 11 is 0. The molecule has 0 atom stereocenters. The maximum absolute atomic E-state index is 5.41. The number of hydrogen-bond donors (Lipinski definition) is 2. The molecule has 4 heteroatoms. The third-order valence-electron chi connectivity index (χ3n) is 3.38. The minimum Gasteiger partial charge on any atom is -0.342 e. The summed E-state index contributed by atoms with van der Waals surface area (Å²) in [6.07, 6.45) is 3.11. The lowest BCUT2D eigenvalue weighted by molar-refractivity contribution is 0.0847. The Morgan fingerprint density at radius 1 is 1.39 bits per heavy atom. The van der Waals surface area contributed by atoms with Crippen LogP contribution in [0.4, 0.5) is 0 Å². The first-order valence-electron chi connectivity index (χ1n) is 6.17. The quantitative estimate of drug-likeness (QED) is 0.633. The molecule has 1 heterocycles. The molecule has 3 N–H and O–H groups in total. The summed E-state index contributed by atoms with van der Waals surface area (Å²) in [6.45, 7) is 1.03. The van der Waals surface area contributed by atoms with Gasteiger partial charge in [-0.3, -0.25) is 10.3 Å². The van der Waals surface area contributed by atoms with Crippen molar-refractivity contribution in [1.82, 2.24) is 10.0 Å². The molecule has 4 nitrogen and oxygen atoms in total. The number of fused-ring (bicyclic) bond motifs is 3. The largest absolute Gasteiger partial charge is 0.342 e. The van der Waals surface area contributed by atoms with Gasteiger partial charge in [-0.25, -0.2) is 0 Å². The number of nitrogens with two attached hydrogens (primary N) is 1. The van der Waals surface area contributed by atoms with Gasteiger partial charge in [0.2, 0.25) is 0 Å². The maximum Gasteiger partial charge on any atom is 0.0868 e. The number of nitrogens with one attached hydrogen (secondary N) is 1. The lowest BCUT2D eigenvalue weighted by atomic mass is 10.1. The van der Waals surface area contributed by atoms with Crippen LogP contribution in [0.25, 0.3) is 16.6 Å². The SMILES string of the molecule is Cn1c2c(c3ccccc31)CC=C2NOCCN. The van der Waals surface area contributed by atoms with E-state index in [9.17, 15) is 0 Å². The highest BCUT2D eigenvalue weighted by Crippen LogP contribution is 2.34. The average Bonchev–Trinajstić information content (AvgIpc) is 2.92. The van der Waals surface area contributed by atoms with Crippen molar-refractivity contribution in [3.05, 3.63) is 41.6 Å². The fourth-order valence-corrected chi connectivity index (χ4v) is 2.60. The van der Waals surface area contributed by atoms with Gasteiger partial charge in [-0.05, 0) is 18.1 Å². The van der Waals surface area contributed by atoms with Crippen LogP contribution >= 0.6 is 0 Å². The van der Waals surface area contributed by atoms with Gasteiger partial charge in [0.15, 0.2) is 0 Å². The summed E-state index contributed by atoms with van der Waals surface area (Å²) in [6, 6.07) is 8.47. The highest BCUT2D eigenvalue weighted by atomic mass is 16.6. The Hall–Kier alpha value is -1.78. The van der Waals surface area contributed by atoms with E-state index in [0.717, 1.165) is 12.1 Å². The summed E-state index contributed by atoms with van der Waals surface area (Å²) < 4.78 is 2.21. The van der Waals surface area contributed by atoms with Gasteiger partial charge in [0, 0.05) is 24.5 Å². The molecular weight excluding hydrogens is 226 g/mol. The highest BCUT2D eigenvalue weighted by Gasteiger charge is 2.22. The van der Waals surface area contributed by atoms with E-state index in [0.29, 0.717) is 13.2 Å². The average molecular weight is 243 g/mol. The summed E-state index contributed by atoms with van der Waals surface area (Å²) in [5.74, 6) is 0. The molecule has 2 aromatic rings. The maximum atomic E-state index is 5.41. The lowest BCUT2D eigenvalue weighted by Crippen LogP contribution is -2.19. The molecule has 0 saturated heterocycles. The van der Waals surface area contributed by atoms with E-state index in [1.807, 2.05) is 0 Å². The minimum absolute atomic E-state index is 0.511. The standard InChI is InChI=1S/C14H17N3O/c1-17-13-5-3-2-4-10(13)11-6-7-12(14(11)17)16-18-9-8-15/h2-5,7,16H,6,8-9,15H2,1H3. The predicted molar refractivity (Wildman–Crippen MR) is 72.7 cm³/mol. The van der Waals surface area contributed by atoms with E-state index < -0.39 is 0 Å². The van der Waals surface area contributed by atoms with E-state index in [-0.39, 0.29) is 0 Å². The summed E-state index contributed by atoms with van der Waals surface area (Å²) in [5.41, 5.74) is 13.3. The third kappa shape index (κ3) is 1.62. The van der Waals surface area contributed by atoms with Crippen LogP contribution in [0.3, 0.4) is 0 Å². The number of para-hydroxylation sites is 1. The molecule has 0 spiro atoms. The molecule has 0 amide bonds. The molecule has 0 fully saturated rings. The van der Waals surface area contributed by atoms with Gasteiger partial charge in [-0.1, -0.05) is 24.3 Å². The number of rotatable bonds is 4. The van der Waals surface area contributed by atoms with Crippen LogP contribution in [-0.4, -0.2) is 17.7 Å². The van der Waals surface area contributed by atoms with Crippen molar-refractivity contribution in [3.8, 4) is 0 Å². The lowest BCUT2D eigenvalue weighted by Gasteiger charge is -2.09. The van der Waals surface area contributed by atoms with E-state index in [1.165, 1.54) is 22.2 Å². The number of allylic oxidation sites excluding steroid dienone is 1. The number of aromatic nitrogens is 1. The van der Waals surface area contributed by atoms with E-state index in [4.69, 9.17) is 10.6 Å². The molecule has 0 bridgehead atoms. The second-order valence-corrected chi connectivity index (χ2v) is 4.46. The second-order valence-electron chi connectivity index (χ2n) is 4.46. The van der Waals surface area contributed by atoms with Gasteiger partial charge >= 0.3 is 0 Å². The van der Waals surface area contributed by atoms with E-state index >= 15 is 0 Å². The molecule has 1 aromatic heterocycles. The molecule has 1 aromatic carbocycles. The molecule has 1 aliphatic carbocycles. The minimum atomic E-state index is 0.511. The molecular formula is C14H17N3O. The number of nitrogens with zero attached hydrogens (tertiary/aromatic N) is 1. The van der Waals surface area contributed by atoms with Crippen molar-refractivity contribution < 1.29 is 4.84 Å². The first-order chi connectivity index (χ1) is 8.83.